The number of aryl methyl sites for hydroxylation is 1. The Labute approximate surface area is 155 Å². The number of ketones is 1. The van der Waals surface area contributed by atoms with Crippen LogP contribution >= 0.6 is 0 Å². The molecule has 0 fully saturated rings. The number of para-hydroxylation sites is 1. The minimum absolute atomic E-state index is 0.00455. The molecule has 1 aromatic heterocycles. The summed E-state index contributed by atoms with van der Waals surface area (Å²) in [6.45, 7) is 0. The van der Waals surface area contributed by atoms with Crippen molar-refractivity contribution in [2.45, 2.75) is 12.8 Å². The molecule has 0 amide bonds. The second-order valence-electron chi connectivity index (χ2n) is 6.66. The number of benzene rings is 2. The summed E-state index contributed by atoms with van der Waals surface area (Å²) < 4.78 is 2.03. The van der Waals surface area contributed by atoms with Crippen LogP contribution in [-0.4, -0.2) is 10.7 Å². The number of rotatable bonds is 2. The highest BCUT2D eigenvalue weighted by Gasteiger charge is 2.32. The molecule has 0 spiro atoms. The van der Waals surface area contributed by atoms with E-state index >= 15 is 0 Å². The number of allylic oxidation sites excluding steroid dienone is 1. The maximum absolute atomic E-state index is 13.2. The lowest BCUT2D eigenvalue weighted by Gasteiger charge is -2.18. The third-order valence-electron chi connectivity index (χ3n) is 5.09. The van der Waals surface area contributed by atoms with E-state index in [1.165, 1.54) is 12.1 Å². The Hall–Kier alpha value is -3.54. The van der Waals surface area contributed by atoms with Crippen molar-refractivity contribution in [3.05, 3.63) is 81.0 Å². The predicted molar refractivity (Wildman–Crippen MR) is 103 cm³/mol. The first kappa shape index (κ1) is 16.9. The lowest BCUT2D eigenvalue weighted by Crippen LogP contribution is -2.39. The number of hydrogen-bond acceptors (Lipinski definition) is 4. The largest absolute Gasteiger partial charge is 0.397 e. The van der Waals surface area contributed by atoms with Crippen molar-refractivity contribution >= 4 is 34.1 Å². The van der Waals surface area contributed by atoms with Crippen molar-refractivity contribution in [2.24, 2.45) is 7.05 Å². The maximum atomic E-state index is 13.2. The van der Waals surface area contributed by atoms with E-state index < -0.39 is 4.92 Å². The van der Waals surface area contributed by atoms with Gasteiger partial charge in [0, 0.05) is 30.2 Å². The molecule has 2 N–H and O–H groups in total. The summed E-state index contributed by atoms with van der Waals surface area (Å²) in [5.74, 6) is -0.110. The third kappa shape index (κ3) is 2.75. The fraction of sp³-hybridized carbons (Fsp3) is 0.143. The molecule has 0 aliphatic heterocycles. The summed E-state index contributed by atoms with van der Waals surface area (Å²) in [6, 6.07) is 14.0. The second kappa shape index (κ2) is 6.32. The van der Waals surface area contributed by atoms with Gasteiger partial charge in [-0.05, 0) is 24.1 Å². The van der Waals surface area contributed by atoms with Gasteiger partial charge in [0.05, 0.1) is 16.0 Å². The number of pyridine rings is 1. The number of nitrogens with zero attached hydrogens (tertiary/aromatic N) is 2. The Balaban J connectivity index is 1.84. The molecule has 0 unspecified atom stereocenters. The summed E-state index contributed by atoms with van der Waals surface area (Å²) >= 11 is 0. The number of carbonyl (C=O) groups is 1. The molecule has 2 aromatic carbocycles. The molecular formula is C21H18N3O3+. The molecule has 0 atom stereocenters. The number of non-ortho nitro benzene ring substituents is 1. The molecule has 3 aromatic rings. The van der Waals surface area contributed by atoms with Crippen LogP contribution in [-0.2, 0) is 13.5 Å². The van der Waals surface area contributed by atoms with E-state index in [4.69, 9.17) is 5.73 Å². The molecule has 4 rings (SSSR count). The maximum Gasteiger partial charge on any atom is 0.270 e. The highest BCUT2D eigenvalue weighted by Crippen LogP contribution is 2.33. The van der Waals surface area contributed by atoms with Crippen LogP contribution in [0.1, 0.15) is 28.0 Å². The number of aromatic nitrogens is 1. The number of fused-ring (bicyclic) bond motifs is 2. The third-order valence-corrected chi connectivity index (χ3v) is 5.09. The topological polar surface area (TPSA) is 90.1 Å². The van der Waals surface area contributed by atoms with E-state index in [1.54, 1.807) is 18.2 Å². The highest BCUT2D eigenvalue weighted by atomic mass is 16.6. The standard InChI is InChI=1S/C21H17N3O3/c1-23-17-8-3-2-7-16(17)20(22)19-18(23)10-9-14(21(19)25)11-13-5-4-6-15(12-13)24(26)27/h2-8,11-12,22H,9-10H2,1H3/p+1/b14-11+. The normalized spacial score (nSPS) is 15.1. The molecule has 134 valence electrons. The molecule has 1 heterocycles. The Morgan fingerprint density at radius 2 is 1.93 bits per heavy atom. The first-order valence-corrected chi connectivity index (χ1v) is 8.66. The van der Waals surface area contributed by atoms with Gasteiger partial charge in [-0.1, -0.05) is 24.3 Å². The van der Waals surface area contributed by atoms with Gasteiger partial charge in [-0.3, -0.25) is 14.9 Å². The monoisotopic (exact) mass is 360 g/mol. The molecule has 0 saturated heterocycles. The minimum Gasteiger partial charge on any atom is -0.397 e. The quantitative estimate of drug-likeness (QED) is 0.328. The van der Waals surface area contributed by atoms with Crippen LogP contribution in [0.2, 0.25) is 0 Å². The van der Waals surface area contributed by atoms with Crippen molar-refractivity contribution in [2.75, 3.05) is 5.73 Å². The van der Waals surface area contributed by atoms with Gasteiger partial charge in [-0.25, -0.2) is 0 Å². The van der Waals surface area contributed by atoms with E-state index in [0.29, 0.717) is 35.2 Å². The Bertz CT molecular complexity index is 1150. The van der Waals surface area contributed by atoms with E-state index in [-0.39, 0.29) is 11.5 Å². The number of nitrogens with two attached hydrogens (primary N) is 1. The zero-order valence-electron chi connectivity index (χ0n) is 14.8. The van der Waals surface area contributed by atoms with Gasteiger partial charge < -0.3 is 5.73 Å². The van der Waals surface area contributed by atoms with Gasteiger partial charge in [0.2, 0.25) is 5.52 Å². The van der Waals surface area contributed by atoms with Crippen LogP contribution in [0.25, 0.3) is 17.0 Å². The van der Waals surface area contributed by atoms with E-state index in [0.717, 1.165) is 16.6 Å². The van der Waals surface area contributed by atoms with Crippen LogP contribution in [0.4, 0.5) is 11.4 Å². The van der Waals surface area contributed by atoms with E-state index in [2.05, 4.69) is 0 Å². The smallest absolute Gasteiger partial charge is 0.270 e. The summed E-state index contributed by atoms with van der Waals surface area (Å²) in [7, 11) is 1.95. The molecule has 6 nitrogen and oxygen atoms in total. The second-order valence-corrected chi connectivity index (χ2v) is 6.66. The Morgan fingerprint density at radius 1 is 1.15 bits per heavy atom. The average Bonchev–Trinajstić information content (AvgIpc) is 2.68. The zero-order valence-corrected chi connectivity index (χ0v) is 14.8. The first-order chi connectivity index (χ1) is 13.0. The van der Waals surface area contributed by atoms with Crippen LogP contribution in [0.3, 0.4) is 0 Å². The lowest BCUT2D eigenvalue weighted by atomic mass is 9.86. The van der Waals surface area contributed by atoms with E-state index in [1.807, 2.05) is 35.9 Å². The van der Waals surface area contributed by atoms with Gasteiger partial charge in [0.25, 0.3) is 5.69 Å². The SMILES string of the molecule is C[n+]1c2c(c(N)c3ccccc31)C(=O)/C(=C/c1cccc([N+](=O)[O-])c1)CC2. The number of nitro groups is 1. The highest BCUT2D eigenvalue weighted by molar-refractivity contribution is 6.18. The van der Waals surface area contributed by atoms with Gasteiger partial charge in [-0.15, -0.1) is 0 Å². The molecule has 6 heteroatoms. The van der Waals surface area contributed by atoms with E-state index in [9.17, 15) is 14.9 Å². The number of nitrogen functional groups attached to an aromatic ring is 1. The molecular weight excluding hydrogens is 342 g/mol. The fourth-order valence-electron chi connectivity index (χ4n) is 3.74. The Morgan fingerprint density at radius 3 is 2.70 bits per heavy atom. The molecule has 1 aliphatic carbocycles. The van der Waals surface area contributed by atoms with Crippen molar-refractivity contribution in [3.8, 4) is 0 Å². The summed E-state index contributed by atoms with van der Waals surface area (Å²) in [5, 5.41) is 11.8. The van der Waals surface area contributed by atoms with Crippen LogP contribution in [0.15, 0.2) is 54.1 Å². The average molecular weight is 360 g/mol. The number of Topliss-reactive ketones (excluding diaryl/α,β-unsaturated/α-hetero) is 1. The number of nitro benzene ring substituents is 1. The van der Waals surface area contributed by atoms with Crippen molar-refractivity contribution in [3.63, 3.8) is 0 Å². The molecule has 0 bridgehead atoms. The number of hydrogen-bond donors (Lipinski definition) is 1. The summed E-state index contributed by atoms with van der Waals surface area (Å²) in [5.41, 5.74) is 10.6. The van der Waals surface area contributed by atoms with Gasteiger partial charge in [0.1, 0.15) is 12.6 Å². The summed E-state index contributed by atoms with van der Waals surface area (Å²) in [4.78, 5) is 23.7. The molecule has 1 aliphatic rings. The molecule has 0 radical (unpaired) electrons. The van der Waals surface area contributed by atoms with Gasteiger partial charge in [-0.2, -0.15) is 4.57 Å². The minimum atomic E-state index is -0.440. The van der Waals surface area contributed by atoms with Crippen LogP contribution in [0, 0.1) is 10.1 Å². The summed E-state index contributed by atoms with van der Waals surface area (Å²) in [6.07, 6.45) is 2.99. The van der Waals surface area contributed by atoms with Crippen LogP contribution in [0.5, 0.6) is 0 Å². The zero-order chi connectivity index (χ0) is 19.1. The molecule has 0 saturated carbocycles. The Kier molecular flexibility index (Phi) is 3.96. The van der Waals surface area contributed by atoms with Gasteiger partial charge in [0.15, 0.2) is 11.5 Å². The number of anilines is 1. The van der Waals surface area contributed by atoms with Crippen molar-refractivity contribution < 1.29 is 14.3 Å². The predicted octanol–water partition coefficient (Wildman–Crippen LogP) is 3.37. The van der Waals surface area contributed by atoms with Gasteiger partial charge >= 0.3 is 0 Å². The first-order valence-electron chi connectivity index (χ1n) is 8.66. The lowest BCUT2D eigenvalue weighted by molar-refractivity contribution is -0.653. The van der Waals surface area contributed by atoms with Crippen molar-refractivity contribution in [1.82, 2.24) is 0 Å². The fourth-order valence-corrected chi connectivity index (χ4v) is 3.74. The van der Waals surface area contributed by atoms with Crippen LogP contribution < -0.4 is 10.3 Å². The number of carbonyl (C=O) groups excluding carboxylic acids is 1. The molecule has 27 heavy (non-hydrogen) atoms. The van der Waals surface area contributed by atoms with Crippen molar-refractivity contribution in [1.29, 1.82) is 0 Å².